The summed E-state index contributed by atoms with van der Waals surface area (Å²) in [5, 5.41) is 8.59. The lowest BCUT2D eigenvalue weighted by molar-refractivity contribution is -0.0556. The minimum atomic E-state index is -3.16. The van der Waals surface area contributed by atoms with Crippen molar-refractivity contribution in [1.82, 2.24) is 0 Å². The number of hydrogen-bond acceptors (Lipinski definition) is 3. The summed E-state index contributed by atoms with van der Waals surface area (Å²) in [6, 6.07) is 6.04. The van der Waals surface area contributed by atoms with E-state index >= 15 is 0 Å². The molecule has 5 heteroatoms. The van der Waals surface area contributed by atoms with E-state index in [-0.39, 0.29) is 5.56 Å². The van der Waals surface area contributed by atoms with Crippen molar-refractivity contribution in [3.63, 3.8) is 0 Å². The van der Waals surface area contributed by atoms with Crippen molar-refractivity contribution in [1.29, 1.82) is 0 Å². The number of alkyl halides is 2. The molecule has 0 unspecified atom stereocenters. The van der Waals surface area contributed by atoms with Gasteiger partial charge < -0.3 is 14.7 Å². The van der Waals surface area contributed by atoms with Gasteiger partial charge in [0.2, 0.25) is 0 Å². The van der Waals surface area contributed by atoms with Crippen molar-refractivity contribution >= 4 is 5.69 Å². The van der Waals surface area contributed by atoms with E-state index in [1.165, 1.54) is 12.1 Å². The third-order valence-corrected chi connectivity index (χ3v) is 2.86. The Bertz CT molecular complexity index is 361. The smallest absolute Gasteiger partial charge is 0.295 e. The minimum absolute atomic E-state index is 0.156. The topological polar surface area (TPSA) is 32.7 Å². The standard InChI is InChI=1S/C12H15F2NO2/c13-12(14,9-16)10-1-3-11(4-2-10)15-5-7-17-8-6-15/h1-4,16H,5-9H2. The lowest BCUT2D eigenvalue weighted by atomic mass is 10.1. The number of hydrogen-bond donors (Lipinski definition) is 1. The molecule has 0 atom stereocenters. The lowest BCUT2D eigenvalue weighted by Gasteiger charge is -2.29. The van der Waals surface area contributed by atoms with Gasteiger partial charge in [-0.1, -0.05) is 12.1 Å². The van der Waals surface area contributed by atoms with Crippen LogP contribution in [0.25, 0.3) is 0 Å². The first-order valence-electron chi connectivity index (χ1n) is 5.55. The van der Waals surface area contributed by atoms with E-state index in [0.29, 0.717) is 13.2 Å². The van der Waals surface area contributed by atoms with E-state index < -0.39 is 12.5 Å². The Hall–Kier alpha value is -1.20. The zero-order valence-electron chi connectivity index (χ0n) is 9.40. The zero-order chi connectivity index (χ0) is 12.3. The predicted octanol–water partition coefficient (Wildman–Crippen LogP) is 1.61. The van der Waals surface area contributed by atoms with Crippen LogP contribution in [0.5, 0.6) is 0 Å². The van der Waals surface area contributed by atoms with Crippen LogP contribution in [0.1, 0.15) is 5.56 Å². The average Bonchev–Trinajstić information content (AvgIpc) is 2.40. The molecular formula is C12H15F2NO2. The molecule has 1 aliphatic rings. The van der Waals surface area contributed by atoms with Gasteiger partial charge in [-0.3, -0.25) is 0 Å². The van der Waals surface area contributed by atoms with Crippen molar-refractivity contribution in [2.45, 2.75) is 5.92 Å². The predicted molar refractivity (Wildman–Crippen MR) is 60.5 cm³/mol. The second-order valence-electron chi connectivity index (χ2n) is 4.01. The second-order valence-corrected chi connectivity index (χ2v) is 4.01. The number of benzene rings is 1. The maximum atomic E-state index is 13.2. The van der Waals surface area contributed by atoms with Crippen LogP contribution in [0.2, 0.25) is 0 Å². The molecule has 17 heavy (non-hydrogen) atoms. The van der Waals surface area contributed by atoms with Crippen LogP contribution in [-0.4, -0.2) is 38.0 Å². The molecule has 1 saturated heterocycles. The van der Waals surface area contributed by atoms with Crippen LogP contribution in [0.4, 0.5) is 14.5 Å². The number of aliphatic hydroxyl groups excluding tert-OH is 1. The van der Waals surface area contributed by atoms with Crippen molar-refractivity contribution in [2.75, 3.05) is 37.8 Å². The first-order valence-corrected chi connectivity index (χ1v) is 5.55. The maximum Gasteiger partial charge on any atom is 0.295 e. The summed E-state index contributed by atoms with van der Waals surface area (Å²) in [4.78, 5) is 2.09. The highest BCUT2D eigenvalue weighted by Gasteiger charge is 2.30. The number of aliphatic hydroxyl groups is 1. The highest BCUT2D eigenvalue weighted by Crippen LogP contribution is 2.28. The number of ether oxygens (including phenoxy) is 1. The molecule has 0 amide bonds. The van der Waals surface area contributed by atoms with Gasteiger partial charge in [-0.25, -0.2) is 0 Å². The summed E-state index contributed by atoms with van der Waals surface area (Å²) in [6.45, 7) is 1.71. The van der Waals surface area contributed by atoms with Crippen molar-refractivity contribution in [3.05, 3.63) is 29.8 Å². The SMILES string of the molecule is OCC(F)(F)c1ccc(N2CCOCC2)cc1. The molecule has 94 valence electrons. The molecule has 0 bridgehead atoms. The third kappa shape index (κ3) is 2.73. The number of rotatable bonds is 3. The average molecular weight is 243 g/mol. The van der Waals surface area contributed by atoms with Crippen LogP contribution >= 0.6 is 0 Å². The number of morpholine rings is 1. The molecule has 0 aliphatic carbocycles. The van der Waals surface area contributed by atoms with Gasteiger partial charge >= 0.3 is 0 Å². The Balaban J connectivity index is 2.12. The van der Waals surface area contributed by atoms with E-state index in [9.17, 15) is 8.78 Å². The summed E-state index contributed by atoms with van der Waals surface area (Å²) in [7, 11) is 0. The summed E-state index contributed by atoms with van der Waals surface area (Å²) >= 11 is 0. The van der Waals surface area contributed by atoms with Gasteiger partial charge in [0.25, 0.3) is 5.92 Å². The molecular weight excluding hydrogens is 228 g/mol. The fourth-order valence-electron chi connectivity index (χ4n) is 1.83. The van der Waals surface area contributed by atoms with E-state index in [2.05, 4.69) is 4.90 Å². The molecule has 0 radical (unpaired) electrons. The molecule has 0 saturated carbocycles. The molecule has 1 aliphatic heterocycles. The van der Waals surface area contributed by atoms with Crippen LogP contribution in [0, 0.1) is 0 Å². The van der Waals surface area contributed by atoms with E-state index in [1.807, 2.05) is 0 Å². The van der Waals surface area contributed by atoms with Crippen LogP contribution in [0.3, 0.4) is 0 Å². The fourth-order valence-corrected chi connectivity index (χ4v) is 1.83. The Morgan fingerprint density at radius 3 is 2.29 bits per heavy atom. The molecule has 0 spiro atoms. The molecule has 1 N–H and O–H groups in total. The van der Waals surface area contributed by atoms with Gasteiger partial charge in [-0.05, 0) is 12.1 Å². The molecule has 0 aromatic heterocycles. The Morgan fingerprint density at radius 2 is 1.76 bits per heavy atom. The highest BCUT2D eigenvalue weighted by atomic mass is 19.3. The summed E-state index contributed by atoms with van der Waals surface area (Å²) in [5.74, 6) is -3.16. The van der Waals surface area contributed by atoms with Gasteiger partial charge in [0.15, 0.2) is 0 Å². The van der Waals surface area contributed by atoms with Gasteiger partial charge in [-0.2, -0.15) is 8.78 Å². The normalized spacial score (nSPS) is 17.2. The first kappa shape index (κ1) is 12.3. The van der Waals surface area contributed by atoms with Gasteiger partial charge in [0.1, 0.15) is 6.61 Å². The number of nitrogens with zero attached hydrogens (tertiary/aromatic N) is 1. The molecule has 1 heterocycles. The van der Waals surface area contributed by atoms with Crippen LogP contribution in [-0.2, 0) is 10.7 Å². The van der Waals surface area contributed by atoms with Gasteiger partial charge in [-0.15, -0.1) is 0 Å². The third-order valence-electron chi connectivity index (χ3n) is 2.86. The molecule has 1 fully saturated rings. The number of anilines is 1. The Morgan fingerprint density at radius 1 is 1.18 bits per heavy atom. The second kappa shape index (κ2) is 4.98. The molecule has 1 aromatic carbocycles. The molecule has 2 rings (SSSR count). The lowest BCUT2D eigenvalue weighted by Crippen LogP contribution is -2.36. The van der Waals surface area contributed by atoms with Crippen molar-refractivity contribution < 1.29 is 18.6 Å². The monoisotopic (exact) mass is 243 g/mol. The quantitative estimate of drug-likeness (QED) is 0.875. The van der Waals surface area contributed by atoms with Crippen LogP contribution < -0.4 is 4.90 Å². The summed E-state index contributed by atoms with van der Waals surface area (Å²) < 4.78 is 31.6. The van der Waals surface area contributed by atoms with Gasteiger partial charge in [0.05, 0.1) is 13.2 Å². The molecule has 1 aromatic rings. The van der Waals surface area contributed by atoms with E-state index in [0.717, 1.165) is 18.8 Å². The van der Waals surface area contributed by atoms with Crippen molar-refractivity contribution in [3.8, 4) is 0 Å². The first-order chi connectivity index (χ1) is 8.13. The van der Waals surface area contributed by atoms with E-state index in [1.54, 1.807) is 12.1 Å². The summed E-state index contributed by atoms with van der Waals surface area (Å²) in [6.07, 6.45) is 0. The maximum absolute atomic E-state index is 13.2. The van der Waals surface area contributed by atoms with Crippen LogP contribution in [0.15, 0.2) is 24.3 Å². The largest absolute Gasteiger partial charge is 0.390 e. The molecule has 3 nitrogen and oxygen atoms in total. The zero-order valence-corrected chi connectivity index (χ0v) is 9.40. The Kier molecular flexibility index (Phi) is 3.59. The minimum Gasteiger partial charge on any atom is -0.390 e. The fraction of sp³-hybridized carbons (Fsp3) is 0.500. The van der Waals surface area contributed by atoms with Gasteiger partial charge in [0, 0.05) is 24.3 Å². The van der Waals surface area contributed by atoms with E-state index in [4.69, 9.17) is 9.84 Å². The Labute approximate surface area is 98.6 Å². The van der Waals surface area contributed by atoms with Crippen molar-refractivity contribution in [2.24, 2.45) is 0 Å². The summed E-state index contributed by atoms with van der Waals surface area (Å²) in [5.41, 5.74) is 0.753. The number of halogens is 2. The highest BCUT2D eigenvalue weighted by molar-refractivity contribution is 5.48.